The molecule has 6 nitrogen and oxygen atoms in total. The number of nitrogens with zero attached hydrogens (tertiary/aromatic N) is 3. The first-order valence-electron chi connectivity index (χ1n) is 9.03. The summed E-state index contributed by atoms with van der Waals surface area (Å²) in [6.07, 6.45) is 1.15. The van der Waals surface area contributed by atoms with Gasteiger partial charge in [-0.25, -0.2) is 4.98 Å². The lowest BCUT2D eigenvalue weighted by molar-refractivity contribution is -0.142. The second-order valence-corrected chi connectivity index (χ2v) is 9.32. The minimum Gasteiger partial charge on any atom is -0.481 e. The number of rotatable bonds is 5. The van der Waals surface area contributed by atoms with Crippen LogP contribution in [-0.2, 0) is 11.3 Å². The lowest BCUT2D eigenvalue weighted by atomic mass is 9.97. The van der Waals surface area contributed by atoms with Crippen molar-refractivity contribution in [1.29, 1.82) is 0 Å². The zero-order valence-corrected chi connectivity index (χ0v) is 18.2. The molecule has 0 unspecified atom stereocenters. The van der Waals surface area contributed by atoms with Gasteiger partial charge in [0, 0.05) is 19.6 Å². The molecule has 1 aromatic carbocycles. The second-order valence-electron chi connectivity index (χ2n) is 6.84. The molecule has 1 aliphatic rings. The van der Waals surface area contributed by atoms with Gasteiger partial charge in [0.2, 0.25) is 5.95 Å². The molecule has 0 saturated carbocycles. The van der Waals surface area contributed by atoms with Crippen molar-refractivity contribution in [3.63, 3.8) is 0 Å². The third-order valence-electron chi connectivity index (χ3n) is 4.92. The minimum atomic E-state index is -0.741. The smallest absolute Gasteiger partial charge is 0.306 e. The van der Waals surface area contributed by atoms with Gasteiger partial charge in [-0.3, -0.25) is 4.79 Å². The van der Waals surface area contributed by atoms with Gasteiger partial charge in [0.1, 0.15) is 10.6 Å². The number of aliphatic carboxylic acids is 1. The molecule has 0 spiro atoms. The van der Waals surface area contributed by atoms with E-state index in [1.54, 1.807) is 6.07 Å². The van der Waals surface area contributed by atoms with Crippen molar-refractivity contribution < 1.29 is 9.90 Å². The highest BCUT2D eigenvalue weighted by Gasteiger charge is 2.26. The Labute approximate surface area is 186 Å². The van der Waals surface area contributed by atoms with Crippen LogP contribution in [0.5, 0.6) is 0 Å². The second kappa shape index (κ2) is 8.52. The Kier molecular flexibility index (Phi) is 6.01. The van der Waals surface area contributed by atoms with Crippen LogP contribution < -0.4 is 10.2 Å². The van der Waals surface area contributed by atoms with E-state index in [-0.39, 0.29) is 5.92 Å². The Bertz CT molecular complexity index is 1070. The van der Waals surface area contributed by atoms with Crippen molar-refractivity contribution in [3.05, 3.63) is 44.2 Å². The molecule has 2 N–H and O–H groups in total. The summed E-state index contributed by atoms with van der Waals surface area (Å²) in [5.41, 5.74) is 0.969. The van der Waals surface area contributed by atoms with Crippen molar-refractivity contribution in [2.24, 2.45) is 5.92 Å². The van der Waals surface area contributed by atoms with Gasteiger partial charge in [-0.1, -0.05) is 40.9 Å². The number of halogens is 3. The van der Waals surface area contributed by atoms with E-state index in [2.05, 4.69) is 10.3 Å². The predicted molar refractivity (Wildman–Crippen MR) is 119 cm³/mol. The van der Waals surface area contributed by atoms with Crippen molar-refractivity contribution in [1.82, 2.24) is 9.97 Å². The van der Waals surface area contributed by atoms with Gasteiger partial charge in [0.15, 0.2) is 0 Å². The number of carbonyl (C=O) groups is 1. The molecule has 152 valence electrons. The average Bonchev–Trinajstić information content (AvgIpc) is 3.09. The number of aromatic nitrogens is 2. The highest BCUT2D eigenvalue weighted by Crippen LogP contribution is 2.34. The molecular formula is C19H17Cl3N4O2S. The van der Waals surface area contributed by atoms with Crippen LogP contribution in [0.15, 0.2) is 24.3 Å². The van der Waals surface area contributed by atoms with Crippen LogP contribution in [0.2, 0.25) is 14.4 Å². The molecule has 29 heavy (non-hydrogen) atoms. The van der Waals surface area contributed by atoms with Gasteiger partial charge in [-0.2, -0.15) is 4.98 Å². The monoisotopic (exact) mass is 470 g/mol. The van der Waals surface area contributed by atoms with Gasteiger partial charge < -0.3 is 15.3 Å². The van der Waals surface area contributed by atoms with E-state index in [9.17, 15) is 9.90 Å². The maximum atomic E-state index is 11.2. The number of carboxylic acids is 1. The lowest BCUT2D eigenvalue weighted by Gasteiger charge is -2.30. The Morgan fingerprint density at radius 2 is 1.93 bits per heavy atom. The first-order valence-corrected chi connectivity index (χ1v) is 11.0. The van der Waals surface area contributed by atoms with E-state index in [4.69, 9.17) is 39.8 Å². The fourth-order valence-corrected chi connectivity index (χ4v) is 4.72. The Hall–Kier alpha value is -1.80. The molecule has 1 saturated heterocycles. The number of benzene rings is 1. The number of thiophene rings is 1. The van der Waals surface area contributed by atoms with E-state index in [1.807, 2.05) is 23.1 Å². The normalized spacial score (nSPS) is 15.1. The van der Waals surface area contributed by atoms with Crippen molar-refractivity contribution in [2.45, 2.75) is 19.4 Å². The summed E-state index contributed by atoms with van der Waals surface area (Å²) in [7, 11) is 0. The molecule has 0 radical (unpaired) electrons. The van der Waals surface area contributed by atoms with Crippen LogP contribution in [0.3, 0.4) is 0 Å². The first kappa shape index (κ1) is 20.5. The Balaban J connectivity index is 1.59. The molecule has 0 bridgehead atoms. The summed E-state index contributed by atoms with van der Waals surface area (Å²) in [5.74, 6) is 0.213. The fourth-order valence-electron chi connectivity index (χ4n) is 3.32. The van der Waals surface area contributed by atoms with Crippen LogP contribution in [-0.4, -0.2) is 34.1 Å². The number of hydrogen-bond acceptors (Lipinski definition) is 6. The molecule has 0 amide bonds. The van der Waals surface area contributed by atoms with E-state index in [0.717, 1.165) is 15.8 Å². The summed E-state index contributed by atoms with van der Waals surface area (Å²) >= 11 is 19.7. The van der Waals surface area contributed by atoms with E-state index < -0.39 is 5.97 Å². The van der Waals surface area contributed by atoms with Crippen molar-refractivity contribution >= 4 is 74.1 Å². The Morgan fingerprint density at radius 1 is 1.17 bits per heavy atom. The molecule has 4 rings (SSSR count). The maximum Gasteiger partial charge on any atom is 0.306 e. The zero-order valence-electron chi connectivity index (χ0n) is 15.2. The molecule has 1 fully saturated rings. The van der Waals surface area contributed by atoms with Gasteiger partial charge >= 0.3 is 5.97 Å². The first-order chi connectivity index (χ1) is 13.9. The third kappa shape index (κ3) is 4.53. The predicted octanol–water partition coefficient (Wildman–Crippen LogP) is 5.56. The summed E-state index contributed by atoms with van der Waals surface area (Å²) in [6.45, 7) is 1.72. The molecule has 10 heteroatoms. The molecule has 0 aliphatic carbocycles. The van der Waals surface area contributed by atoms with Gasteiger partial charge in [-0.15, -0.1) is 11.3 Å². The average molecular weight is 472 g/mol. The van der Waals surface area contributed by atoms with Gasteiger partial charge in [0.25, 0.3) is 0 Å². The number of anilines is 2. The minimum absolute atomic E-state index is 0.307. The van der Waals surface area contributed by atoms with Crippen LogP contribution >= 0.6 is 46.1 Å². The van der Waals surface area contributed by atoms with E-state index in [1.165, 1.54) is 11.3 Å². The standard InChI is InChI=1S/C19H17Cl3N4O2S/c20-13-2-1-10(7-14(13)21)9-23-16-12-8-15(22)29-17(12)25-19(24-16)26-5-3-11(4-6-26)18(27)28/h1-2,7-8,11H,3-6,9H2,(H,27,28)(H,23,24,25). The molecule has 3 heterocycles. The van der Waals surface area contributed by atoms with Crippen LogP contribution in [0.25, 0.3) is 10.2 Å². The SMILES string of the molecule is O=C(O)C1CCN(c2nc(NCc3ccc(Cl)c(Cl)c3)c3cc(Cl)sc3n2)CC1. The number of fused-ring (bicyclic) bond motifs is 1. The van der Waals surface area contributed by atoms with Crippen LogP contribution in [0.4, 0.5) is 11.8 Å². The zero-order chi connectivity index (χ0) is 20.5. The fraction of sp³-hybridized carbons (Fsp3) is 0.316. The topological polar surface area (TPSA) is 78.3 Å². The van der Waals surface area contributed by atoms with Gasteiger partial charge in [0.05, 0.1) is 25.7 Å². The maximum absolute atomic E-state index is 11.2. The summed E-state index contributed by atoms with van der Waals surface area (Å²) in [5, 5.41) is 14.4. The number of hydrogen-bond donors (Lipinski definition) is 2. The summed E-state index contributed by atoms with van der Waals surface area (Å²) in [4.78, 5) is 23.4. The van der Waals surface area contributed by atoms with Crippen molar-refractivity contribution in [3.8, 4) is 0 Å². The van der Waals surface area contributed by atoms with Crippen molar-refractivity contribution in [2.75, 3.05) is 23.3 Å². The van der Waals surface area contributed by atoms with Crippen LogP contribution in [0.1, 0.15) is 18.4 Å². The number of carboxylic acid groups (broad SMARTS) is 1. The lowest BCUT2D eigenvalue weighted by Crippen LogP contribution is -2.37. The Morgan fingerprint density at radius 3 is 2.62 bits per heavy atom. The van der Waals surface area contributed by atoms with Crippen LogP contribution in [0, 0.1) is 5.92 Å². The summed E-state index contributed by atoms with van der Waals surface area (Å²) in [6, 6.07) is 7.32. The quantitative estimate of drug-likeness (QED) is 0.507. The number of piperidine rings is 1. The molecule has 0 atom stereocenters. The summed E-state index contributed by atoms with van der Waals surface area (Å²) < 4.78 is 0.633. The molecular weight excluding hydrogens is 455 g/mol. The number of nitrogens with one attached hydrogen (secondary N) is 1. The largest absolute Gasteiger partial charge is 0.481 e. The molecule has 1 aliphatic heterocycles. The van der Waals surface area contributed by atoms with E-state index >= 15 is 0 Å². The van der Waals surface area contributed by atoms with E-state index in [0.29, 0.717) is 58.6 Å². The molecule has 3 aromatic rings. The molecule has 2 aromatic heterocycles. The third-order valence-corrected chi connectivity index (χ3v) is 6.82. The highest BCUT2D eigenvalue weighted by molar-refractivity contribution is 7.22. The highest BCUT2D eigenvalue weighted by atomic mass is 35.5. The van der Waals surface area contributed by atoms with Gasteiger partial charge in [-0.05, 0) is 36.6 Å².